The summed E-state index contributed by atoms with van der Waals surface area (Å²) in [5.41, 5.74) is 0.934. The number of benzene rings is 3. The fraction of sp³-hybridized carbons (Fsp3) is 0.0952. The highest BCUT2D eigenvalue weighted by Gasteiger charge is 2.23. The van der Waals surface area contributed by atoms with Crippen LogP contribution in [0.3, 0.4) is 0 Å². The molecule has 1 unspecified atom stereocenters. The van der Waals surface area contributed by atoms with Gasteiger partial charge >= 0.3 is 5.97 Å². The van der Waals surface area contributed by atoms with Crippen LogP contribution in [0.15, 0.2) is 66.7 Å². The number of hydrogen-bond donors (Lipinski definition) is 0. The quantitative estimate of drug-likeness (QED) is 0.308. The lowest BCUT2D eigenvalue weighted by atomic mass is 10.0. The van der Waals surface area contributed by atoms with E-state index in [1.807, 2.05) is 0 Å². The Balaban J connectivity index is 2.08. The molecule has 0 aromatic heterocycles. The summed E-state index contributed by atoms with van der Waals surface area (Å²) in [6.07, 6.45) is -0.724. The average Bonchev–Trinajstić information content (AvgIpc) is 2.73. The highest BCUT2D eigenvalue weighted by molar-refractivity contribution is 6.30. The molecule has 0 bridgehead atoms. The van der Waals surface area contributed by atoms with E-state index in [0.717, 1.165) is 6.07 Å². The molecule has 0 aliphatic rings. The molecule has 0 heterocycles. The van der Waals surface area contributed by atoms with Crippen LogP contribution in [0.4, 0.5) is 10.1 Å². The predicted molar refractivity (Wildman–Crippen MR) is 105 cm³/mol. The second-order valence-electron chi connectivity index (χ2n) is 6.03. The second kappa shape index (κ2) is 8.70. The van der Waals surface area contributed by atoms with E-state index in [4.69, 9.17) is 21.1 Å². The molecule has 0 amide bonds. The lowest BCUT2D eigenvalue weighted by Crippen LogP contribution is -2.13. The van der Waals surface area contributed by atoms with Crippen LogP contribution in [-0.2, 0) is 4.74 Å². The number of nitrogens with zero attached hydrogens (tertiary/aromatic N) is 1. The van der Waals surface area contributed by atoms with E-state index < -0.39 is 22.8 Å². The summed E-state index contributed by atoms with van der Waals surface area (Å²) < 4.78 is 24.2. The Morgan fingerprint density at radius 1 is 1.03 bits per heavy atom. The third-order valence-electron chi connectivity index (χ3n) is 4.17. The Hall–Kier alpha value is -3.45. The molecule has 3 rings (SSSR count). The van der Waals surface area contributed by atoms with Gasteiger partial charge in [0.25, 0.3) is 5.69 Å². The number of carbonyl (C=O) groups is 1. The maximum Gasteiger partial charge on any atom is 0.341 e. The molecule has 0 fully saturated rings. The van der Waals surface area contributed by atoms with Crippen molar-refractivity contribution in [3.8, 4) is 5.75 Å². The first-order valence-corrected chi connectivity index (χ1v) is 8.81. The van der Waals surface area contributed by atoms with Gasteiger partial charge in [-0.2, -0.15) is 0 Å². The smallest absolute Gasteiger partial charge is 0.341 e. The van der Waals surface area contributed by atoms with E-state index in [9.17, 15) is 19.3 Å². The van der Waals surface area contributed by atoms with E-state index in [2.05, 4.69) is 0 Å². The van der Waals surface area contributed by atoms with Gasteiger partial charge in [0.15, 0.2) is 0 Å². The summed E-state index contributed by atoms with van der Waals surface area (Å²) in [4.78, 5) is 22.6. The standard InChI is InChI=1S/C21H15ClFNO5/c1-28-21(25)18-12-17(24(26)27)10-11-19(18)29-20(13-2-6-15(22)7-3-13)14-4-8-16(23)9-5-14/h2-12,20H,1H3. The number of nitro groups is 1. The molecule has 0 aliphatic heterocycles. The zero-order valence-electron chi connectivity index (χ0n) is 15.2. The minimum absolute atomic E-state index is 0.0896. The first-order valence-electron chi connectivity index (χ1n) is 8.43. The maximum absolute atomic E-state index is 13.4. The first-order chi connectivity index (χ1) is 13.9. The lowest BCUT2D eigenvalue weighted by molar-refractivity contribution is -0.384. The Kier molecular flexibility index (Phi) is 6.09. The molecule has 0 spiro atoms. The molecule has 148 valence electrons. The minimum Gasteiger partial charge on any atom is -0.480 e. The summed E-state index contributed by atoms with van der Waals surface area (Å²) in [6, 6.07) is 16.2. The van der Waals surface area contributed by atoms with E-state index in [0.29, 0.717) is 16.1 Å². The van der Waals surface area contributed by atoms with Crippen LogP contribution in [0.5, 0.6) is 5.75 Å². The van der Waals surface area contributed by atoms with Gasteiger partial charge in [-0.25, -0.2) is 9.18 Å². The number of ether oxygens (including phenoxy) is 2. The van der Waals surface area contributed by atoms with E-state index in [1.165, 1.54) is 31.4 Å². The number of non-ortho nitro benzene ring substituents is 1. The van der Waals surface area contributed by atoms with Crippen molar-refractivity contribution in [2.45, 2.75) is 6.10 Å². The monoisotopic (exact) mass is 415 g/mol. The van der Waals surface area contributed by atoms with E-state index in [1.54, 1.807) is 36.4 Å². The predicted octanol–water partition coefficient (Wildman–Crippen LogP) is 5.34. The van der Waals surface area contributed by atoms with Crippen LogP contribution < -0.4 is 4.74 Å². The fourth-order valence-electron chi connectivity index (χ4n) is 2.73. The normalized spacial score (nSPS) is 11.6. The number of hydrogen-bond acceptors (Lipinski definition) is 5. The number of esters is 1. The topological polar surface area (TPSA) is 78.7 Å². The second-order valence-corrected chi connectivity index (χ2v) is 6.47. The van der Waals surface area contributed by atoms with Gasteiger partial charge in [0.2, 0.25) is 0 Å². The van der Waals surface area contributed by atoms with Crippen molar-refractivity contribution in [3.63, 3.8) is 0 Å². The Labute approximate surface area is 170 Å². The SMILES string of the molecule is COC(=O)c1cc([N+](=O)[O-])ccc1OC(c1ccc(F)cc1)c1ccc(Cl)cc1. The number of carbonyl (C=O) groups excluding carboxylic acids is 1. The van der Waals surface area contributed by atoms with Crippen molar-refractivity contribution in [2.24, 2.45) is 0 Å². The molecule has 0 radical (unpaired) electrons. The summed E-state index contributed by atoms with van der Waals surface area (Å²) in [5.74, 6) is -1.10. The molecular formula is C21H15ClFNO5. The Bertz CT molecular complexity index is 992. The van der Waals surface area contributed by atoms with Gasteiger partial charge in [0.05, 0.1) is 12.0 Å². The molecule has 0 saturated carbocycles. The van der Waals surface area contributed by atoms with Gasteiger partial charge in [-0.05, 0) is 41.5 Å². The van der Waals surface area contributed by atoms with Crippen molar-refractivity contribution in [1.82, 2.24) is 0 Å². The fourth-order valence-corrected chi connectivity index (χ4v) is 2.86. The van der Waals surface area contributed by atoms with Gasteiger partial charge in [-0.3, -0.25) is 10.1 Å². The highest BCUT2D eigenvalue weighted by atomic mass is 35.5. The highest BCUT2D eigenvalue weighted by Crippen LogP contribution is 2.33. The lowest BCUT2D eigenvalue weighted by Gasteiger charge is -2.21. The molecular weight excluding hydrogens is 401 g/mol. The minimum atomic E-state index is -0.780. The molecule has 3 aromatic carbocycles. The molecule has 29 heavy (non-hydrogen) atoms. The molecule has 1 atom stereocenters. The van der Waals surface area contributed by atoms with Gasteiger partial charge in [0, 0.05) is 17.2 Å². The van der Waals surface area contributed by atoms with Crippen molar-refractivity contribution < 1.29 is 23.6 Å². The molecule has 6 nitrogen and oxygen atoms in total. The van der Waals surface area contributed by atoms with Crippen LogP contribution in [0, 0.1) is 15.9 Å². The summed E-state index contributed by atoms with van der Waals surface area (Å²) in [7, 11) is 1.17. The third-order valence-corrected chi connectivity index (χ3v) is 4.42. The molecule has 0 saturated heterocycles. The Morgan fingerprint density at radius 3 is 2.17 bits per heavy atom. The summed E-state index contributed by atoms with van der Waals surface area (Å²) >= 11 is 5.96. The van der Waals surface area contributed by atoms with Crippen molar-refractivity contribution in [1.29, 1.82) is 0 Å². The van der Waals surface area contributed by atoms with Gasteiger partial charge in [0.1, 0.15) is 23.2 Å². The van der Waals surface area contributed by atoms with Gasteiger partial charge in [-0.15, -0.1) is 0 Å². The van der Waals surface area contributed by atoms with E-state index >= 15 is 0 Å². The number of nitro benzene ring substituents is 1. The largest absolute Gasteiger partial charge is 0.480 e. The van der Waals surface area contributed by atoms with Crippen molar-refractivity contribution in [2.75, 3.05) is 7.11 Å². The van der Waals surface area contributed by atoms with Crippen LogP contribution in [0.1, 0.15) is 27.6 Å². The zero-order valence-corrected chi connectivity index (χ0v) is 15.9. The zero-order chi connectivity index (χ0) is 21.0. The molecule has 3 aromatic rings. The summed E-state index contributed by atoms with van der Waals surface area (Å²) in [5, 5.41) is 11.6. The molecule has 0 aliphatic carbocycles. The average molecular weight is 416 g/mol. The van der Waals surface area contributed by atoms with Crippen molar-refractivity contribution >= 4 is 23.3 Å². The Morgan fingerprint density at radius 2 is 1.62 bits per heavy atom. The molecule has 8 heteroatoms. The van der Waals surface area contributed by atoms with Crippen LogP contribution in [0.2, 0.25) is 5.02 Å². The summed E-state index contributed by atoms with van der Waals surface area (Å²) in [6.45, 7) is 0. The molecule has 0 N–H and O–H groups in total. The van der Waals surface area contributed by atoms with E-state index in [-0.39, 0.29) is 17.0 Å². The maximum atomic E-state index is 13.4. The number of halogens is 2. The van der Waals surface area contributed by atoms with Gasteiger partial charge < -0.3 is 9.47 Å². The van der Waals surface area contributed by atoms with Crippen LogP contribution >= 0.6 is 11.6 Å². The van der Waals surface area contributed by atoms with Crippen molar-refractivity contribution in [3.05, 3.63) is 104 Å². The number of methoxy groups -OCH3 is 1. The number of rotatable bonds is 6. The first kappa shape index (κ1) is 20.3. The van der Waals surface area contributed by atoms with Crippen LogP contribution in [0.25, 0.3) is 0 Å². The third kappa shape index (κ3) is 4.70. The van der Waals surface area contributed by atoms with Gasteiger partial charge in [-0.1, -0.05) is 35.9 Å². The van der Waals surface area contributed by atoms with Crippen LogP contribution in [-0.4, -0.2) is 18.0 Å².